The maximum absolute atomic E-state index is 13.5. The Labute approximate surface area is 117 Å². The normalized spacial score (nSPS) is 10.2. The van der Waals surface area contributed by atoms with Crippen molar-refractivity contribution in [3.8, 4) is 5.75 Å². The predicted molar refractivity (Wildman–Crippen MR) is 75.2 cm³/mol. The van der Waals surface area contributed by atoms with Crippen LogP contribution in [0.3, 0.4) is 0 Å². The minimum atomic E-state index is -0.298. The molecule has 0 spiro atoms. The lowest BCUT2D eigenvalue weighted by atomic mass is 10.2. The van der Waals surface area contributed by atoms with Gasteiger partial charge in [0.2, 0.25) is 0 Å². The molecular weight excluding hydrogens is 257 g/mol. The van der Waals surface area contributed by atoms with Crippen LogP contribution in [0.4, 0.5) is 4.39 Å². The molecule has 0 radical (unpaired) electrons. The van der Waals surface area contributed by atoms with Crippen LogP contribution in [0.1, 0.15) is 15.9 Å². The Bertz CT molecular complexity index is 611. The topological polar surface area (TPSA) is 29.5 Å². The van der Waals surface area contributed by atoms with Gasteiger partial charge in [0.1, 0.15) is 18.2 Å². The van der Waals surface area contributed by atoms with Crippen LogP contribution in [0.25, 0.3) is 0 Å². The largest absolute Gasteiger partial charge is 0.489 e. The van der Waals surface area contributed by atoms with E-state index < -0.39 is 0 Å². The van der Waals surface area contributed by atoms with Crippen LogP contribution in [-0.4, -0.2) is 24.9 Å². The van der Waals surface area contributed by atoms with Gasteiger partial charge in [0.25, 0.3) is 5.91 Å². The van der Waals surface area contributed by atoms with Crippen LogP contribution in [0.2, 0.25) is 0 Å². The molecule has 104 valence electrons. The number of nitrogens with zero attached hydrogens (tertiary/aromatic N) is 1. The lowest BCUT2D eigenvalue weighted by Crippen LogP contribution is -2.21. The van der Waals surface area contributed by atoms with Crippen molar-refractivity contribution in [1.82, 2.24) is 4.90 Å². The van der Waals surface area contributed by atoms with Gasteiger partial charge in [0.15, 0.2) is 0 Å². The van der Waals surface area contributed by atoms with Crippen molar-refractivity contribution < 1.29 is 13.9 Å². The lowest BCUT2D eigenvalue weighted by Gasteiger charge is -2.12. The van der Waals surface area contributed by atoms with Gasteiger partial charge >= 0.3 is 0 Å². The summed E-state index contributed by atoms with van der Waals surface area (Å²) in [6.45, 7) is 0.131. The Hall–Kier alpha value is -2.36. The fourth-order valence-electron chi connectivity index (χ4n) is 1.75. The molecule has 2 aromatic carbocycles. The second-order valence-corrected chi connectivity index (χ2v) is 4.61. The van der Waals surface area contributed by atoms with E-state index in [-0.39, 0.29) is 18.3 Å². The summed E-state index contributed by atoms with van der Waals surface area (Å²) in [5, 5.41) is 0. The van der Waals surface area contributed by atoms with Crippen molar-refractivity contribution in [3.05, 3.63) is 65.5 Å². The highest BCUT2D eigenvalue weighted by molar-refractivity contribution is 5.94. The Morgan fingerprint density at radius 2 is 1.90 bits per heavy atom. The number of amides is 1. The van der Waals surface area contributed by atoms with Crippen molar-refractivity contribution in [1.29, 1.82) is 0 Å². The molecule has 0 unspecified atom stereocenters. The Kier molecular flexibility index (Phi) is 4.35. The van der Waals surface area contributed by atoms with Crippen molar-refractivity contribution in [3.63, 3.8) is 0 Å². The van der Waals surface area contributed by atoms with Crippen LogP contribution in [0, 0.1) is 5.82 Å². The van der Waals surface area contributed by atoms with E-state index in [9.17, 15) is 9.18 Å². The first-order chi connectivity index (χ1) is 9.58. The molecule has 2 aromatic rings. The molecule has 20 heavy (non-hydrogen) atoms. The highest BCUT2D eigenvalue weighted by atomic mass is 19.1. The van der Waals surface area contributed by atoms with Gasteiger partial charge < -0.3 is 9.64 Å². The predicted octanol–water partition coefficient (Wildman–Crippen LogP) is 3.11. The van der Waals surface area contributed by atoms with E-state index in [1.54, 1.807) is 56.6 Å². The number of carbonyl (C=O) groups is 1. The minimum absolute atomic E-state index is 0.0960. The Morgan fingerprint density at radius 3 is 2.60 bits per heavy atom. The number of halogens is 1. The molecule has 1 amide bonds. The van der Waals surface area contributed by atoms with Crippen LogP contribution in [-0.2, 0) is 6.61 Å². The summed E-state index contributed by atoms with van der Waals surface area (Å²) in [5.74, 6) is 0.148. The average molecular weight is 273 g/mol. The molecule has 3 nitrogen and oxygen atoms in total. The second kappa shape index (κ2) is 6.19. The fourth-order valence-corrected chi connectivity index (χ4v) is 1.75. The molecule has 0 aliphatic rings. The quantitative estimate of drug-likeness (QED) is 0.856. The summed E-state index contributed by atoms with van der Waals surface area (Å²) in [4.78, 5) is 13.3. The molecule has 0 aliphatic heterocycles. The molecule has 0 saturated heterocycles. The zero-order valence-electron chi connectivity index (χ0n) is 11.5. The van der Waals surface area contributed by atoms with Crippen molar-refractivity contribution >= 4 is 5.91 Å². The van der Waals surface area contributed by atoms with Crippen LogP contribution in [0.5, 0.6) is 5.75 Å². The molecule has 0 saturated carbocycles. The van der Waals surface area contributed by atoms with Crippen molar-refractivity contribution in [2.45, 2.75) is 6.61 Å². The number of hydrogen-bond donors (Lipinski definition) is 0. The Balaban J connectivity index is 2.09. The maximum Gasteiger partial charge on any atom is 0.253 e. The Morgan fingerprint density at radius 1 is 1.15 bits per heavy atom. The van der Waals surface area contributed by atoms with E-state index in [4.69, 9.17) is 4.74 Å². The molecule has 0 heterocycles. The summed E-state index contributed by atoms with van der Waals surface area (Å²) < 4.78 is 19.0. The molecule has 0 fully saturated rings. The highest BCUT2D eigenvalue weighted by Crippen LogP contribution is 2.17. The van der Waals surface area contributed by atoms with Crippen LogP contribution < -0.4 is 4.74 Å². The standard InChI is InChI=1S/C16H16FNO2/c1-18(2)16(19)12-7-5-8-14(10-12)20-11-13-6-3-4-9-15(13)17/h3-10H,11H2,1-2H3. The molecular formula is C16H16FNO2. The molecule has 0 N–H and O–H groups in total. The summed E-state index contributed by atoms with van der Waals surface area (Å²) in [6.07, 6.45) is 0. The first-order valence-corrected chi connectivity index (χ1v) is 6.26. The van der Waals surface area contributed by atoms with E-state index >= 15 is 0 Å². The van der Waals surface area contributed by atoms with Crippen molar-refractivity contribution in [2.24, 2.45) is 0 Å². The van der Waals surface area contributed by atoms with E-state index in [0.29, 0.717) is 16.9 Å². The minimum Gasteiger partial charge on any atom is -0.489 e. The monoisotopic (exact) mass is 273 g/mol. The van der Waals surface area contributed by atoms with Gasteiger partial charge in [-0.15, -0.1) is 0 Å². The zero-order valence-corrected chi connectivity index (χ0v) is 11.5. The zero-order chi connectivity index (χ0) is 14.5. The summed E-state index contributed by atoms with van der Waals surface area (Å²) >= 11 is 0. The first-order valence-electron chi connectivity index (χ1n) is 6.26. The number of benzene rings is 2. The van der Waals surface area contributed by atoms with Gasteiger partial charge in [-0.2, -0.15) is 0 Å². The van der Waals surface area contributed by atoms with E-state index in [0.717, 1.165) is 0 Å². The summed E-state index contributed by atoms with van der Waals surface area (Å²) in [6, 6.07) is 13.3. The molecule has 0 aromatic heterocycles. The van der Waals surface area contributed by atoms with Gasteiger partial charge in [-0.1, -0.05) is 24.3 Å². The first kappa shape index (κ1) is 14.1. The molecule has 0 bridgehead atoms. The smallest absolute Gasteiger partial charge is 0.253 e. The van der Waals surface area contributed by atoms with Crippen LogP contribution in [0.15, 0.2) is 48.5 Å². The average Bonchev–Trinajstić information content (AvgIpc) is 2.46. The SMILES string of the molecule is CN(C)C(=O)c1cccc(OCc2ccccc2F)c1. The number of hydrogen-bond acceptors (Lipinski definition) is 2. The van der Waals surface area contributed by atoms with Gasteiger partial charge in [-0.05, 0) is 24.3 Å². The third-order valence-corrected chi connectivity index (χ3v) is 2.84. The number of carbonyl (C=O) groups excluding carboxylic acids is 1. The maximum atomic E-state index is 13.5. The molecule has 2 rings (SSSR count). The van der Waals surface area contributed by atoms with E-state index in [1.165, 1.54) is 11.0 Å². The molecule has 0 atom stereocenters. The summed E-state index contributed by atoms with van der Waals surface area (Å²) in [7, 11) is 3.38. The van der Waals surface area contributed by atoms with E-state index in [2.05, 4.69) is 0 Å². The lowest BCUT2D eigenvalue weighted by molar-refractivity contribution is 0.0827. The molecule has 4 heteroatoms. The molecule has 0 aliphatic carbocycles. The van der Waals surface area contributed by atoms with Gasteiger partial charge in [-0.3, -0.25) is 4.79 Å². The van der Waals surface area contributed by atoms with E-state index in [1.807, 2.05) is 0 Å². The van der Waals surface area contributed by atoms with Gasteiger partial charge in [0, 0.05) is 25.2 Å². The summed E-state index contributed by atoms with van der Waals surface area (Å²) in [5.41, 5.74) is 1.03. The number of ether oxygens (including phenoxy) is 1. The van der Waals surface area contributed by atoms with Crippen LogP contribution >= 0.6 is 0 Å². The van der Waals surface area contributed by atoms with Crippen molar-refractivity contribution in [2.75, 3.05) is 14.1 Å². The number of rotatable bonds is 4. The second-order valence-electron chi connectivity index (χ2n) is 4.61. The third kappa shape index (κ3) is 3.35. The fraction of sp³-hybridized carbons (Fsp3) is 0.188. The third-order valence-electron chi connectivity index (χ3n) is 2.84. The highest BCUT2D eigenvalue weighted by Gasteiger charge is 2.09. The van der Waals surface area contributed by atoms with Gasteiger partial charge in [-0.25, -0.2) is 4.39 Å². The van der Waals surface area contributed by atoms with Gasteiger partial charge in [0.05, 0.1) is 0 Å².